The highest BCUT2D eigenvalue weighted by molar-refractivity contribution is 5.07. The summed E-state index contributed by atoms with van der Waals surface area (Å²) in [6.45, 7) is 5.59. The molecule has 0 amide bonds. The summed E-state index contributed by atoms with van der Waals surface area (Å²) in [4.78, 5) is 0. The highest BCUT2D eigenvalue weighted by Gasteiger charge is 2.57. The van der Waals surface area contributed by atoms with Gasteiger partial charge in [-0.1, -0.05) is 13.8 Å². The van der Waals surface area contributed by atoms with Crippen LogP contribution >= 0.6 is 0 Å². The second-order valence-electron chi connectivity index (χ2n) is 6.11. The van der Waals surface area contributed by atoms with E-state index < -0.39 is 11.0 Å². The largest absolute Gasteiger partial charge is 0.396 e. The predicted octanol–water partition coefficient (Wildman–Crippen LogP) is 1.33. The molecule has 2 atom stereocenters. The molecule has 2 rings (SSSR count). The van der Waals surface area contributed by atoms with Gasteiger partial charge in [0.25, 0.3) is 0 Å². The van der Waals surface area contributed by atoms with Crippen LogP contribution in [0.25, 0.3) is 0 Å². The second-order valence-corrected chi connectivity index (χ2v) is 6.11. The molecule has 0 aromatic carbocycles. The molecule has 15 heavy (non-hydrogen) atoms. The summed E-state index contributed by atoms with van der Waals surface area (Å²) in [5.74, 6) is 0. The minimum atomic E-state index is -0.720. The Kier molecular flexibility index (Phi) is 2.61. The molecule has 3 heteroatoms. The zero-order valence-electron chi connectivity index (χ0n) is 9.75. The summed E-state index contributed by atoms with van der Waals surface area (Å²) < 4.78 is 5.38. The van der Waals surface area contributed by atoms with Gasteiger partial charge in [-0.15, -0.1) is 0 Å². The topological polar surface area (TPSA) is 49.7 Å². The van der Waals surface area contributed by atoms with Crippen LogP contribution in [-0.2, 0) is 4.74 Å². The van der Waals surface area contributed by atoms with Crippen LogP contribution in [0.2, 0.25) is 0 Å². The summed E-state index contributed by atoms with van der Waals surface area (Å²) >= 11 is 0. The highest BCUT2D eigenvalue weighted by atomic mass is 16.5. The zero-order valence-corrected chi connectivity index (χ0v) is 9.75. The lowest BCUT2D eigenvalue weighted by molar-refractivity contribution is -0.111. The third-order valence-corrected chi connectivity index (χ3v) is 4.38. The molecule has 0 aromatic heterocycles. The Morgan fingerprint density at radius 1 is 1.20 bits per heavy atom. The first-order valence-electron chi connectivity index (χ1n) is 5.84. The van der Waals surface area contributed by atoms with Gasteiger partial charge in [0.05, 0.1) is 18.8 Å². The van der Waals surface area contributed by atoms with Crippen molar-refractivity contribution in [3.05, 3.63) is 0 Å². The molecule has 0 spiro atoms. The van der Waals surface area contributed by atoms with Gasteiger partial charge < -0.3 is 14.9 Å². The number of aliphatic hydroxyl groups is 2. The molecule has 2 aliphatic rings. The van der Waals surface area contributed by atoms with Crippen molar-refractivity contribution in [3.8, 4) is 0 Å². The Morgan fingerprint density at radius 3 is 2.33 bits per heavy atom. The molecule has 2 fully saturated rings. The SMILES string of the molecule is CC1(C)CCC(O)(C2(CO)CCOC2)C1. The lowest BCUT2D eigenvalue weighted by atomic mass is 9.69. The van der Waals surface area contributed by atoms with Crippen molar-refractivity contribution in [2.75, 3.05) is 19.8 Å². The molecule has 88 valence electrons. The smallest absolute Gasteiger partial charge is 0.0754 e. The van der Waals surface area contributed by atoms with Crippen LogP contribution < -0.4 is 0 Å². The quantitative estimate of drug-likeness (QED) is 0.729. The summed E-state index contributed by atoms with van der Waals surface area (Å²) in [5, 5.41) is 20.3. The van der Waals surface area contributed by atoms with Crippen LogP contribution in [-0.4, -0.2) is 35.6 Å². The summed E-state index contributed by atoms with van der Waals surface area (Å²) in [7, 11) is 0. The van der Waals surface area contributed by atoms with Crippen LogP contribution in [0.15, 0.2) is 0 Å². The van der Waals surface area contributed by atoms with E-state index in [1.54, 1.807) is 0 Å². The summed E-state index contributed by atoms with van der Waals surface area (Å²) in [5.41, 5.74) is -0.929. The number of rotatable bonds is 2. The van der Waals surface area contributed by atoms with Crippen molar-refractivity contribution in [2.45, 2.75) is 45.1 Å². The highest BCUT2D eigenvalue weighted by Crippen LogP contribution is 2.54. The van der Waals surface area contributed by atoms with Gasteiger partial charge in [0.1, 0.15) is 0 Å². The fourth-order valence-corrected chi connectivity index (χ4v) is 3.21. The van der Waals surface area contributed by atoms with E-state index in [9.17, 15) is 10.2 Å². The molecule has 1 saturated carbocycles. The summed E-state index contributed by atoms with van der Waals surface area (Å²) in [6, 6.07) is 0. The fraction of sp³-hybridized carbons (Fsp3) is 1.00. The van der Waals surface area contributed by atoms with Crippen LogP contribution in [0.5, 0.6) is 0 Å². The number of hydrogen-bond acceptors (Lipinski definition) is 3. The van der Waals surface area contributed by atoms with Crippen LogP contribution in [0.4, 0.5) is 0 Å². The van der Waals surface area contributed by atoms with E-state index in [2.05, 4.69) is 13.8 Å². The monoisotopic (exact) mass is 214 g/mol. The molecule has 0 aromatic rings. The van der Waals surface area contributed by atoms with Crippen molar-refractivity contribution in [3.63, 3.8) is 0 Å². The zero-order chi connectivity index (χ0) is 11.2. The average Bonchev–Trinajstić information content (AvgIpc) is 2.72. The van der Waals surface area contributed by atoms with Gasteiger partial charge >= 0.3 is 0 Å². The average molecular weight is 214 g/mol. The van der Waals surface area contributed by atoms with E-state index in [1.165, 1.54) is 0 Å². The van der Waals surface area contributed by atoms with E-state index in [-0.39, 0.29) is 12.0 Å². The number of ether oxygens (including phenoxy) is 1. The molecular formula is C12H22O3. The Morgan fingerprint density at radius 2 is 1.93 bits per heavy atom. The molecule has 0 bridgehead atoms. The van der Waals surface area contributed by atoms with Gasteiger partial charge in [-0.25, -0.2) is 0 Å². The molecule has 1 aliphatic heterocycles. The molecule has 1 aliphatic carbocycles. The maximum absolute atomic E-state index is 10.7. The standard InChI is InChI=1S/C12H22O3/c1-10(2)3-4-12(14,7-10)11(8-13)5-6-15-9-11/h13-14H,3-9H2,1-2H3. The number of hydrogen-bond donors (Lipinski definition) is 2. The lowest BCUT2D eigenvalue weighted by Crippen LogP contribution is -2.50. The van der Waals surface area contributed by atoms with E-state index in [0.717, 1.165) is 25.7 Å². The molecule has 2 N–H and O–H groups in total. The van der Waals surface area contributed by atoms with Crippen LogP contribution in [0.3, 0.4) is 0 Å². The Hall–Kier alpha value is -0.120. The Labute approximate surface area is 91.4 Å². The fourth-order valence-electron chi connectivity index (χ4n) is 3.21. The lowest BCUT2D eigenvalue weighted by Gasteiger charge is -2.41. The molecular weight excluding hydrogens is 192 g/mol. The Balaban J connectivity index is 2.21. The van der Waals surface area contributed by atoms with Crippen LogP contribution in [0, 0.1) is 10.8 Å². The van der Waals surface area contributed by atoms with Crippen molar-refractivity contribution in [1.29, 1.82) is 0 Å². The minimum Gasteiger partial charge on any atom is -0.396 e. The molecule has 3 nitrogen and oxygen atoms in total. The van der Waals surface area contributed by atoms with Crippen LogP contribution in [0.1, 0.15) is 39.5 Å². The first-order chi connectivity index (χ1) is 6.93. The summed E-state index contributed by atoms with van der Waals surface area (Å²) in [6.07, 6.45) is 3.40. The maximum Gasteiger partial charge on any atom is 0.0754 e. The van der Waals surface area contributed by atoms with Gasteiger partial charge in [-0.3, -0.25) is 0 Å². The number of aliphatic hydroxyl groups excluding tert-OH is 1. The molecule has 1 heterocycles. The third kappa shape index (κ3) is 1.71. The first-order valence-corrected chi connectivity index (χ1v) is 5.84. The van der Waals surface area contributed by atoms with Gasteiger partial charge in [0, 0.05) is 12.0 Å². The van der Waals surface area contributed by atoms with Gasteiger partial charge in [0.2, 0.25) is 0 Å². The maximum atomic E-state index is 10.7. The van der Waals surface area contributed by atoms with E-state index >= 15 is 0 Å². The molecule has 1 saturated heterocycles. The first kappa shape index (κ1) is 11.4. The van der Waals surface area contributed by atoms with Crippen molar-refractivity contribution < 1.29 is 14.9 Å². The Bertz CT molecular complexity index is 243. The third-order valence-electron chi connectivity index (χ3n) is 4.38. The van der Waals surface area contributed by atoms with Gasteiger partial charge in [-0.2, -0.15) is 0 Å². The van der Waals surface area contributed by atoms with E-state index in [1.807, 2.05) is 0 Å². The molecule has 2 unspecified atom stereocenters. The van der Waals surface area contributed by atoms with Gasteiger partial charge in [-0.05, 0) is 31.1 Å². The normalized spacial score (nSPS) is 44.8. The minimum absolute atomic E-state index is 0.0413. The van der Waals surface area contributed by atoms with Crippen molar-refractivity contribution in [1.82, 2.24) is 0 Å². The molecule has 0 radical (unpaired) electrons. The van der Waals surface area contributed by atoms with Gasteiger partial charge in [0.15, 0.2) is 0 Å². The second kappa shape index (κ2) is 3.44. The van der Waals surface area contributed by atoms with E-state index in [0.29, 0.717) is 13.2 Å². The van der Waals surface area contributed by atoms with Crippen molar-refractivity contribution >= 4 is 0 Å². The van der Waals surface area contributed by atoms with Crippen molar-refractivity contribution in [2.24, 2.45) is 10.8 Å². The van der Waals surface area contributed by atoms with E-state index in [4.69, 9.17) is 4.74 Å². The predicted molar refractivity (Wildman–Crippen MR) is 57.5 cm³/mol.